The molecular formula is C16H24N4O3S. The van der Waals surface area contributed by atoms with Gasteiger partial charge in [-0.25, -0.2) is 0 Å². The van der Waals surface area contributed by atoms with Crippen molar-refractivity contribution in [2.45, 2.75) is 19.9 Å². The van der Waals surface area contributed by atoms with Crippen LogP contribution in [-0.4, -0.2) is 72.8 Å². The topological polar surface area (TPSA) is 81.8 Å². The summed E-state index contributed by atoms with van der Waals surface area (Å²) in [7, 11) is 0. The molecule has 2 rings (SSSR count). The fraction of sp³-hybridized carbons (Fsp3) is 0.562. The fourth-order valence-corrected chi connectivity index (χ4v) is 3.13. The average Bonchev–Trinajstić information content (AvgIpc) is 3.06. The maximum atomic E-state index is 12.2. The zero-order valence-electron chi connectivity index (χ0n) is 14.1. The lowest BCUT2D eigenvalue weighted by Gasteiger charge is -2.34. The number of carbonyl (C=O) groups excluding carboxylic acids is 3. The van der Waals surface area contributed by atoms with Crippen molar-refractivity contribution in [3.63, 3.8) is 0 Å². The molecule has 0 spiro atoms. The SMILES string of the molecule is CC(C)NC(=O)CN1CCN(C(=O)CNC(=O)c2ccsc2)CC1. The van der Waals surface area contributed by atoms with Gasteiger partial charge in [-0.05, 0) is 25.3 Å². The van der Waals surface area contributed by atoms with Crippen molar-refractivity contribution in [3.8, 4) is 0 Å². The minimum Gasteiger partial charge on any atom is -0.353 e. The monoisotopic (exact) mass is 352 g/mol. The highest BCUT2D eigenvalue weighted by atomic mass is 32.1. The molecule has 0 atom stereocenters. The average molecular weight is 352 g/mol. The van der Waals surface area contributed by atoms with Gasteiger partial charge in [0.2, 0.25) is 11.8 Å². The second kappa shape index (κ2) is 8.79. The molecule has 0 unspecified atom stereocenters. The Labute approximate surface area is 146 Å². The first-order chi connectivity index (χ1) is 11.5. The van der Waals surface area contributed by atoms with E-state index in [4.69, 9.17) is 0 Å². The third kappa shape index (κ3) is 5.61. The first-order valence-corrected chi connectivity index (χ1v) is 9.00. The molecule has 1 aromatic rings. The number of nitrogens with one attached hydrogen (secondary N) is 2. The Morgan fingerprint density at radius 1 is 1.21 bits per heavy atom. The molecule has 8 heteroatoms. The summed E-state index contributed by atoms with van der Waals surface area (Å²) in [6.45, 7) is 6.69. The van der Waals surface area contributed by atoms with Gasteiger partial charge in [0.05, 0.1) is 13.1 Å². The van der Waals surface area contributed by atoms with Crippen molar-refractivity contribution in [3.05, 3.63) is 22.4 Å². The van der Waals surface area contributed by atoms with Crippen LogP contribution in [0.5, 0.6) is 0 Å². The van der Waals surface area contributed by atoms with Gasteiger partial charge in [-0.3, -0.25) is 19.3 Å². The first-order valence-electron chi connectivity index (χ1n) is 8.05. The van der Waals surface area contributed by atoms with Crippen LogP contribution >= 0.6 is 11.3 Å². The van der Waals surface area contributed by atoms with Gasteiger partial charge in [-0.1, -0.05) is 0 Å². The number of thiophene rings is 1. The molecule has 3 amide bonds. The molecule has 0 aliphatic carbocycles. The second-order valence-electron chi connectivity index (χ2n) is 6.07. The molecule has 0 bridgehead atoms. The molecule has 1 aliphatic heterocycles. The van der Waals surface area contributed by atoms with Gasteiger partial charge in [0, 0.05) is 43.2 Å². The van der Waals surface area contributed by atoms with Gasteiger partial charge < -0.3 is 15.5 Å². The normalized spacial score (nSPS) is 15.4. The standard InChI is InChI=1S/C16H24N4O3S/c1-12(2)18-14(21)10-19-4-6-20(7-5-19)15(22)9-17-16(23)13-3-8-24-11-13/h3,8,11-12H,4-7,9-10H2,1-2H3,(H,17,23)(H,18,21). The highest BCUT2D eigenvalue weighted by Crippen LogP contribution is 2.06. The first kappa shape index (κ1) is 18.4. The molecule has 1 aliphatic rings. The fourth-order valence-electron chi connectivity index (χ4n) is 2.49. The van der Waals surface area contributed by atoms with Crippen LogP contribution < -0.4 is 10.6 Å². The van der Waals surface area contributed by atoms with Crippen LogP contribution in [0.3, 0.4) is 0 Å². The van der Waals surface area contributed by atoms with Crippen LogP contribution in [0.1, 0.15) is 24.2 Å². The molecule has 1 saturated heterocycles. The van der Waals surface area contributed by atoms with Crippen LogP contribution in [0.15, 0.2) is 16.8 Å². The molecule has 0 saturated carbocycles. The molecule has 1 fully saturated rings. The van der Waals surface area contributed by atoms with E-state index in [0.717, 1.165) is 0 Å². The Kier molecular flexibility index (Phi) is 6.74. The summed E-state index contributed by atoms with van der Waals surface area (Å²) < 4.78 is 0. The van der Waals surface area contributed by atoms with Crippen LogP contribution in [0.2, 0.25) is 0 Å². The lowest BCUT2D eigenvalue weighted by atomic mass is 10.3. The van der Waals surface area contributed by atoms with Gasteiger partial charge in [0.25, 0.3) is 5.91 Å². The van der Waals surface area contributed by atoms with E-state index in [-0.39, 0.29) is 30.3 Å². The highest BCUT2D eigenvalue weighted by molar-refractivity contribution is 7.08. The van der Waals surface area contributed by atoms with Crippen molar-refractivity contribution < 1.29 is 14.4 Å². The smallest absolute Gasteiger partial charge is 0.252 e. The molecule has 132 valence electrons. The minimum atomic E-state index is -0.228. The van der Waals surface area contributed by atoms with E-state index in [0.29, 0.717) is 38.3 Å². The third-order valence-corrected chi connectivity index (χ3v) is 4.41. The zero-order chi connectivity index (χ0) is 17.5. The summed E-state index contributed by atoms with van der Waals surface area (Å²) in [4.78, 5) is 39.5. The van der Waals surface area contributed by atoms with E-state index in [9.17, 15) is 14.4 Å². The van der Waals surface area contributed by atoms with Crippen LogP contribution in [-0.2, 0) is 9.59 Å². The predicted molar refractivity (Wildman–Crippen MR) is 93.0 cm³/mol. The summed E-state index contributed by atoms with van der Waals surface area (Å²) >= 11 is 1.44. The van der Waals surface area contributed by atoms with E-state index in [2.05, 4.69) is 10.6 Å². The van der Waals surface area contributed by atoms with E-state index in [1.54, 1.807) is 16.3 Å². The maximum Gasteiger partial charge on any atom is 0.252 e. The molecule has 24 heavy (non-hydrogen) atoms. The number of piperazine rings is 1. The number of hydrogen-bond donors (Lipinski definition) is 2. The number of hydrogen-bond acceptors (Lipinski definition) is 5. The van der Waals surface area contributed by atoms with E-state index in [1.807, 2.05) is 24.1 Å². The highest BCUT2D eigenvalue weighted by Gasteiger charge is 2.22. The Morgan fingerprint density at radius 2 is 1.92 bits per heavy atom. The van der Waals surface area contributed by atoms with Crippen LogP contribution in [0.25, 0.3) is 0 Å². The van der Waals surface area contributed by atoms with Crippen LogP contribution in [0.4, 0.5) is 0 Å². The number of carbonyl (C=O) groups is 3. The number of nitrogens with zero attached hydrogens (tertiary/aromatic N) is 2. The lowest BCUT2D eigenvalue weighted by Crippen LogP contribution is -2.53. The quantitative estimate of drug-likeness (QED) is 0.763. The van der Waals surface area contributed by atoms with Crippen molar-refractivity contribution in [2.24, 2.45) is 0 Å². The summed E-state index contributed by atoms with van der Waals surface area (Å²) in [5.74, 6) is -0.314. The number of rotatable bonds is 6. The van der Waals surface area contributed by atoms with E-state index in [1.165, 1.54) is 11.3 Å². The summed E-state index contributed by atoms with van der Waals surface area (Å²) in [6, 6.07) is 1.86. The van der Waals surface area contributed by atoms with Crippen molar-refractivity contribution in [1.82, 2.24) is 20.4 Å². The second-order valence-corrected chi connectivity index (χ2v) is 6.85. The van der Waals surface area contributed by atoms with Gasteiger partial charge in [-0.15, -0.1) is 0 Å². The lowest BCUT2D eigenvalue weighted by molar-refractivity contribution is -0.132. The molecule has 2 heterocycles. The Hall–Kier alpha value is -1.93. The van der Waals surface area contributed by atoms with Gasteiger partial charge >= 0.3 is 0 Å². The zero-order valence-corrected chi connectivity index (χ0v) is 14.9. The number of amides is 3. The van der Waals surface area contributed by atoms with Gasteiger partial charge in [-0.2, -0.15) is 11.3 Å². The van der Waals surface area contributed by atoms with E-state index < -0.39 is 0 Å². The molecule has 0 aromatic carbocycles. The Morgan fingerprint density at radius 3 is 2.50 bits per heavy atom. The molecule has 2 N–H and O–H groups in total. The molecular weight excluding hydrogens is 328 g/mol. The predicted octanol–water partition coefficient (Wildman–Crippen LogP) is 0.147. The molecule has 1 aromatic heterocycles. The molecule has 7 nitrogen and oxygen atoms in total. The summed E-state index contributed by atoms with van der Waals surface area (Å²) in [6.07, 6.45) is 0. The Balaban J connectivity index is 1.69. The summed E-state index contributed by atoms with van der Waals surface area (Å²) in [5.41, 5.74) is 0.578. The third-order valence-electron chi connectivity index (χ3n) is 3.73. The maximum absolute atomic E-state index is 12.2. The van der Waals surface area contributed by atoms with Crippen molar-refractivity contribution >= 4 is 29.1 Å². The molecule has 0 radical (unpaired) electrons. The minimum absolute atomic E-state index is 0.00250. The summed E-state index contributed by atoms with van der Waals surface area (Å²) in [5, 5.41) is 9.08. The van der Waals surface area contributed by atoms with E-state index >= 15 is 0 Å². The van der Waals surface area contributed by atoms with Gasteiger partial charge in [0.1, 0.15) is 0 Å². The van der Waals surface area contributed by atoms with Gasteiger partial charge in [0.15, 0.2) is 0 Å². The van der Waals surface area contributed by atoms with Crippen molar-refractivity contribution in [2.75, 3.05) is 39.3 Å². The Bertz CT molecular complexity index is 566. The largest absolute Gasteiger partial charge is 0.353 e. The van der Waals surface area contributed by atoms with Crippen LogP contribution in [0, 0.1) is 0 Å². The van der Waals surface area contributed by atoms with Crippen molar-refractivity contribution in [1.29, 1.82) is 0 Å².